The smallest absolute Gasteiger partial charge is 0.195 e. The highest BCUT2D eigenvalue weighted by atomic mass is 19.1. The van der Waals surface area contributed by atoms with Crippen molar-refractivity contribution in [3.05, 3.63) is 70.7 Å². The summed E-state index contributed by atoms with van der Waals surface area (Å²) in [6.45, 7) is 3.88. The summed E-state index contributed by atoms with van der Waals surface area (Å²) in [7, 11) is 0. The molecule has 0 amide bonds. The first-order valence-corrected chi connectivity index (χ1v) is 6.45. The van der Waals surface area contributed by atoms with Crippen LogP contribution in [0.5, 0.6) is 0 Å². The first kappa shape index (κ1) is 12.6. The number of ketones is 1. The molecular formula is C17H14FNO. The molecule has 0 unspecified atom stereocenters. The third-order valence-corrected chi connectivity index (χ3v) is 3.48. The number of nitrogens with one attached hydrogen (secondary N) is 1. The van der Waals surface area contributed by atoms with Crippen molar-refractivity contribution in [3.8, 4) is 0 Å². The van der Waals surface area contributed by atoms with Crippen molar-refractivity contribution < 1.29 is 9.18 Å². The molecule has 100 valence electrons. The minimum absolute atomic E-state index is 0.0839. The van der Waals surface area contributed by atoms with Crippen LogP contribution in [-0.2, 0) is 0 Å². The van der Waals surface area contributed by atoms with Crippen LogP contribution in [-0.4, -0.2) is 10.8 Å². The Morgan fingerprint density at radius 3 is 2.45 bits per heavy atom. The van der Waals surface area contributed by atoms with Gasteiger partial charge in [0.05, 0.1) is 5.56 Å². The van der Waals surface area contributed by atoms with Gasteiger partial charge in [-0.1, -0.05) is 11.6 Å². The van der Waals surface area contributed by atoms with Crippen LogP contribution in [0.3, 0.4) is 0 Å². The Morgan fingerprint density at radius 2 is 1.75 bits per heavy atom. The zero-order chi connectivity index (χ0) is 14.3. The number of aromatic amines is 1. The Hall–Kier alpha value is -2.42. The van der Waals surface area contributed by atoms with E-state index >= 15 is 0 Å². The highest BCUT2D eigenvalue weighted by molar-refractivity contribution is 6.17. The maximum atomic E-state index is 13.0. The molecule has 0 aliphatic carbocycles. The molecule has 1 N–H and O–H groups in total. The van der Waals surface area contributed by atoms with Crippen LogP contribution in [0, 0.1) is 19.7 Å². The second kappa shape index (κ2) is 4.60. The molecule has 0 spiro atoms. The van der Waals surface area contributed by atoms with E-state index in [4.69, 9.17) is 0 Å². The lowest BCUT2D eigenvalue weighted by atomic mass is 9.99. The molecule has 3 aromatic rings. The molecule has 1 aromatic heterocycles. The predicted molar refractivity (Wildman–Crippen MR) is 77.6 cm³/mol. The molecule has 0 aliphatic heterocycles. The lowest BCUT2D eigenvalue weighted by Gasteiger charge is -2.02. The number of fused-ring (bicyclic) bond motifs is 1. The van der Waals surface area contributed by atoms with Crippen LogP contribution in [0.2, 0.25) is 0 Å². The molecule has 0 radical (unpaired) electrons. The SMILES string of the molecule is Cc1ccc2[nH]c(C)c(C(=O)c3ccc(F)cc3)c2c1. The third kappa shape index (κ3) is 2.01. The Bertz CT molecular complexity index is 800. The number of carbonyl (C=O) groups is 1. The second-order valence-corrected chi connectivity index (χ2v) is 5.01. The number of benzene rings is 2. The zero-order valence-corrected chi connectivity index (χ0v) is 11.3. The first-order chi connectivity index (χ1) is 9.56. The van der Waals surface area contributed by atoms with E-state index in [0.29, 0.717) is 11.1 Å². The van der Waals surface area contributed by atoms with Gasteiger partial charge in [0.2, 0.25) is 0 Å². The van der Waals surface area contributed by atoms with Crippen LogP contribution in [0.1, 0.15) is 27.2 Å². The van der Waals surface area contributed by atoms with Crippen LogP contribution in [0.25, 0.3) is 10.9 Å². The van der Waals surface area contributed by atoms with Gasteiger partial charge < -0.3 is 4.98 Å². The van der Waals surface area contributed by atoms with E-state index in [2.05, 4.69) is 4.98 Å². The highest BCUT2D eigenvalue weighted by Gasteiger charge is 2.17. The topological polar surface area (TPSA) is 32.9 Å². The molecule has 0 fully saturated rings. The summed E-state index contributed by atoms with van der Waals surface area (Å²) < 4.78 is 13.0. The number of hydrogen-bond acceptors (Lipinski definition) is 1. The lowest BCUT2D eigenvalue weighted by molar-refractivity contribution is 0.103. The van der Waals surface area contributed by atoms with Crippen molar-refractivity contribution in [1.29, 1.82) is 0 Å². The summed E-state index contributed by atoms with van der Waals surface area (Å²) in [5, 5.41) is 0.914. The van der Waals surface area contributed by atoms with Crippen LogP contribution < -0.4 is 0 Å². The van der Waals surface area contributed by atoms with Gasteiger partial charge in [0.1, 0.15) is 5.82 Å². The van der Waals surface area contributed by atoms with E-state index in [1.807, 2.05) is 32.0 Å². The fourth-order valence-corrected chi connectivity index (χ4v) is 2.48. The molecule has 0 saturated heterocycles. The maximum absolute atomic E-state index is 13.0. The summed E-state index contributed by atoms with van der Waals surface area (Å²) >= 11 is 0. The lowest BCUT2D eigenvalue weighted by Crippen LogP contribution is -2.02. The molecule has 0 atom stereocenters. The average Bonchev–Trinajstić information content (AvgIpc) is 2.74. The molecule has 1 heterocycles. The van der Waals surface area contributed by atoms with Crippen molar-refractivity contribution in [2.75, 3.05) is 0 Å². The summed E-state index contributed by atoms with van der Waals surface area (Å²) in [6, 6.07) is 11.6. The van der Waals surface area contributed by atoms with Gasteiger partial charge in [0, 0.05) is 22.2 Å². The van der Waals surface area contributed by atoms with Gasteiger partial charge >= 0.3 is 0 Å². The van der Waals surface area contributed by atoms with Gasteiger partial charge in [-0.2, -0.15) is 0 Å². The van der Waals surface area contributed by atoms with Crippen molar-refractivity contribution in [1.82, 2.24) is 4.98 Å². The zero-order valence-electron chi connectivity index (χ0n) is 11.3. The fraction of sp³-hybridized carbons (Fsp3) is 0.118. The van der Waals surface area contributed by atoms with Crippen LogP contribution in [0.4, 0.5) is 4.39 Å². The Kier molecular flexibility index (Phi) is 2.90. The van der Waals surface area contributed by atoms with Crippen molar-refractivity contribution in [2.24, 2.45) is 0 Å². The third-order valence-electron chi connectivity index (χ3n) is 3.48. The largest absolute Gasteiger partial charge is 0.358 e. The molecule has 0 aliphatic rings. The number of hydrogen-bond donors (Lipinski definition) is 1. The number of carbonyl (C=O) groups excluding carboxylic acids is 1. The van der Waals surface area contributed by atoms with Gasteiger partial charge in [-0.25, -0.2) is 4.39 Å². The Labute approximate surface area is 116 Å². The maximum Gasteiger partial charge on any atom is 0.195 e. The Morgan fingerprint density at radius 1 is 1.05 bits per heavy atom. The minimum atomic E-state index is -0.340. The van der Waals surface area contributed by atoms with Gasteiger partial charge in [-0.05, 0) is 50.2 Å². The van der Waals surface area contributed by atoms with E-state index in [0.717, 1.165) is 22.2 Å². The van der Waals surface area contributed by atoms with Gasteiger partial charge in [0.15, 0.2) is 5.78 Å². The summed E-state index contributed by atoms with van der Waals surface area (Å²) in [5.74, 6) is -0.424. The second-order valence-electron chi connectivity index (χ2n) is 5.01. The van der Waals surface area contributed by atoms with Crippen molar-refractivity contribution >= 4 is 16.7 Å². The normalized spacial score (nSPS) is 10.9. The van der Waals surface area contributed by atoms with Gasteiger partial charge in [-0.3, -0.25) is 4.79 Å². The molecular weight excluding hydrogens is 253 g/mol. The number of rotatable bonds is 2. The molecule has 20 heavy (non-hydrogen) atoms. The van der Waals surface area contributed by atoms with E-state index in [1.165, 1.54) is 24.3 Å². The summed E-state index contributed by atoms with van der Waals surface area (Å²) in [6.07, 6.45) is 0. The fourth-order valence-electron chi connectivity index (χ4n) is 2.48. The summed E-state index contributed by atoms with van der Waals surface area (Å²) in [5.41, 5.74) is 4.04. The monoisotopic (exact) mass is 267 g/mol. The number of aryl methyl sites for hydroxylation is 2. The standard InChI is InChI=1S/C17H14FNO/c1-10-3-8-15-14(9-10)16(11(2)19-15)17(20)12-4-6-13(18)7-5-12/h3-9,19H,1-2H3. The first-order valence-electron chi connectivity index (χ1n) is 6.45. The molecule has 0 bridgehead atoms. The number of aromatic nitrogens is 1. The van der Waals surface area contributed by atoms with Crippen LogP contribution >= 0.6 is 0 Å². The summed E-state index contributed by atoms with van der Waals surface area (Å²) in [4.78, 5) is 15.8. The van der Waals surface area contributed by atoms with Gasteiger partial charge in [0.25, 0.3) is 0 Å². The van der Waals surface area contributed by atoms with Crippen LogP contribution in [0.15, 0.2) is 42.5 Å². The van der Waals surface area contributed by atoms with E-state index in [-0.39, 0.29) is 11.6 Å². The van der Waals surface area contributed by atoms with Gasteiger partial charge in [-0.15, -0.1) is 0 Å². The number of halogens is 1. The highest BCUT2D eigenvalue weighted by Crippen LogP contribution is 2.25. The molecule has 2 aromatic carbocycles. The molecule has 2 nitrogen and oxygen atoms in total. The van der Waals surface area contributed by atoms with Crippen molar-refractivity contribution in [3.63, 3.8) is 0 Å². The van der Waals surface area contributed by atoms with E-state index in [9.17, 15) is 9.18 Å². The van der Waals surface area contributed by atoms with E-state index in [1.54, 1.807) is 0 Å². The Balaban J connectivity index is 2.18. The molecule has 3 heteroatoms. The molecule has 3 rings (SSSR count). The van der Waals surface area contributed by atoms with E-state index < -0.39 is 0 Å². The van der Waals surface area contributed by atoms with Crippen molar-refractivity contribution in [2.45, 2.75) is 13.8 Å². The predicted octanol–water partition coefficient (Wildman–Crippen LogP) is 4.15. The average molecular weight is 267 g/mol. The minimum Gasteiger partial charge on any atom is -0.358 e. The quantitative estimate of drug-likeness (QED) is 0.695. The molecule has 0 saturated carbocycles. The number of H-pyrrole nitrogens is 1.